The maximum atomic E-state index is 5.05. The molecule has 1 N–H and O–H groups in total. The van der Waals surface area contributed by atoms with Crippen molar-refractivity contribution < 1.29 is 4.74 Å². The SMILES string of the molecule is COc1cc(NC2CCC(C)C2)ncn1. The Labute approximate surface area is 90.1 Å². The summed E-state index contributed by atoms with van der Waals surface area (Å²) in [6.07, 6.45) is 5.29. The molecule has 15 heavy (non-hydrogen) atoms. The number of aromatic nitrogens is 2. The second-order valence-electron chi connectivity index (χ2n) is 4.21. The van der Waals surface area contributed by atoms with Crippen molar-refractivity contribution in [1.82, 2.24) is 9.97 Å². The van der Waals surface area contributed by atoms with E-state index in [1.807, 2.05) is 6.07 Å². The van der Waals surface area contributed by atoms with Gasteiger partial charge in [-0.2, -0.15) is 0 Å². The monoisotopic (exact) mass is 207 g/mol. The summed E-state index contributed by atoms with van der Waals surface area (Å²) < 4.78 is 5.05. The topological polar surface area (TPSA) is 47.0 Å². The maximum absolute atomic E-state index is 5.05. The van der Waals surface area contributed by atoms with Gasteiger partial charge < -0.3 is 10.1 Å². The quantitative estimate of drug-likeness (QED) is 0.824. The molecule has 1 aromatic rings. The highest BCUT2D eigenvalue weighted by Gasteiger charge is 2.21. The summed E-state index contributed by atoms with van der Waals surface area (Å²) >= 11 is 0. The smallest absolute Gasteiger partial charge is 0.218 e. The van der Waals surface area contributed by atoms with Gasteiger partial charge in [-0.3, -0.25) is 0 Å². The first-order chi connectivity index (χ1) is 7.28. The Morgan fingerprint density at radius 1 is 1.40 bits per heavy atom. The van der Waals surface area contributed by atoms with Crippen LogP contribution in [-0.2, 0) is 0 Å². The Bertz CT molecular complexity index is 329. The van der Waals surface area contributed by atoms with Crippen LogP contribution in [0.4, 0.5) is 5.82 Å². The number of methoxy groups -OCH3 is 1. The van der Waals surface area contributed by atoms with Crippen molar-refractivity contribution in [2.24, 2.45) is 5.92 Å². The normalized spacial score (nSPS) is 25.2. The molecule has 1 fully saturated rings. The number of ether oxygens (including phenoxy) is 1. The summed E-state index contributed by atoms with van der Waals surface area (Å²) in [5.74, 6) is 2.30. The summed E-state index contributed by atoms with van der Waals surface area (Å²) in [5, 5.41) is 3.41. The van der Waals surface area contributed by atoms with Gasteiger partial charge in [0, 0.05) is 12.1 Å². The minimum atomic E-state index is 0.555. The third-order valence-corrected chi connectivity index (χ3v) is 2.90. The summed E-state index contributed by atoms with van der Waals surface area (Å²) in [7, 11) is 1.61. The van der Waals surface area contributed by atoms with E-state index in [9.17, 15) is 0 Å². The predicted molar refractivity (Wildman–Crippen MR) is 59.0 cm³/mol. The second-order valence-corrected chi connectivity index (χ2v) is 4.21. The van der Waals surface area contributed by atoms with E-state index >= 15 is 0 Å². The Kier molecular flexibility index (Phi) is 3.04. The Morgan fingerprint density at radius 3 is 2.93 bits per heavy atom. The first kappa shape index (κ1) is 10.2. The van der Waals surface area contributed by atoms with Crippen molar-refractivity contribution in [2.45, 2.75) is 32.2 Å². The summed E-state index contributed by atoms with van der Waals surface area (Å²) in [6.45, 7) is 2.29. The molecule has 2 rings (SSSR count). The molecule has 4 heteroatoms. The number of hydrogen-bond acceptors (Lipinski definition) is 4. The molecule has 1 saturated carbocycles. The lowest BCUT2D eigenvalue weighted by Gasteiger charge is -2.12. The Morgan fingerprint density at radius 2 is 2.27 bits per heavy atom. The number of rotatable bonds is 3. The maximum Gasteiger partial charge on any atom is 0.218 e. The zero-order valence-corrected chi connectivity index (χ0v) is 9.23. The molecule has 0 radical (unpaired) electrons. The standard InChI is InChI=1S/C11H17N3O/c1-8-3-4-9(5-8)14-10-6-11(15-2)13-7-12-10/h6-9H,3-5H2,1-2H3,(H,12,13,14). The van der Waals surface area contributed by atoms with Crippen LogP contribution in [0, 0.1) is 5.92 Å². The Balaban J connectivity index is 1.98. The zero-order valence-electron chi connectivity index (χ0n) is 9.23. The van der Waals surface area contributed by atoms with Gasteiger partial charge in [0.05, 0.1) is 7.11 Å². The molecule has 1 aromatic heterocycles. The van der Waals surface area contributed by atoms with Crippen LogP contribution < -0.4 is 10.1 Å². The summed E-state index contributed by atoms with van der Waals surface area (Å²) in [6, 6.07) is 2.39. The van der Waals surface area contributed by atoms with Crippen molar-refractivity contribution >= 4 is 5.82 Å². The highest BCUT2D eigenvalue weighted by atomic mass is 16.5. The summed E-state index contributed by atoms with van der Waals surface area (Å²) in [4.78, 5) is 8.15. The molecule has 82 valence electrons. The van der Waals surface area contributed by atoms with Crippen LogP contribution in [0.2, 0.25) is 0 Å². The average Bonchev–Trinajstić information content (AvgIpc) is 2.64. The third kappa shape index (κ3) is 2.58. The molecule has 0 aliphatic heterocycles. The molecule has 1 aliphatic carbocycles. The van der Waals surface area contributed by atoms with E-state index in [1.54, 1.807) is 7.11 Å². The van der Waals surface area contributed by atoms with Gasteiger partial charge in [0.2, 0.25) is 5.88 Å². The largest absolute Gasteiger partial charge is 0.481 e. The van der Waals surface area contributed by atoms with Crippen molar-refractivity contribution in [3.8, 4) is 5.88 Å². The zero-order chi connectivity index (χ0) is 10.7. The lowest BCUT2D eigenvalue weighted by atomic mass is 10.1. The van der Waals surface area contributed by atoms with Gasteiger partial charge in [-0.15, -0.1) is 0 Å². The molecule has 0 saturated heterocycles. The van der Waals surface area contributed by atoms with Gasteiger partial charge in [0.25, 0.3) is 0 Å². The molecule has 0 bridgehead atoms. The van der Waals surface area contributed by atoms with Crippen molar-refractivity contribution in [1.29, 1.82) is 0 Å². The lowest BCUT2D eigenvalue weighted by Crippen LogP contribution is -2.16. The minimum Gasteiger partial charge on any atom is -0.481 e. The molecule has 1 aliphatic rings. The molecular formula is C11H17N3O. The third-order valence-electron chi connectivity index (χ3n) is 2.90. The minimum absolute atomic E-state index is 0.555. The Hall–Kier alpha value is -1.32. The molecule has 0 amide bonds. The predicted octanol–water partition coefficient (Wildman–Crippen LogP) is 2.09. The van der Waals surface area contributed by atoms with Gasteiger partial charge in [0.1, 0.15) is 12.1 Å². The molecular weight excluding hydrogens is 190 g/mol. The molecule has 4 nitrogen and oxygen atoms in total. The van der Waals surface area contributed by atoms with E-state index < -0.39 is 0 Å². The highest BCUT2D eigenvalue weighted by Crippen LogP contribution is 2.27. The van der Waals surface area contributed by atoms with Gasteiger partial charge in [-0.25, -0.2) is 9.97 Å². The van der Waals surface area contributed by atoms with Crippen LogP contribution in [0.15, 0.2) is 12.4 Å². The number of nitrogens with one attached hydrogen (secondary N) is 1. The summed E-state index contributed by atoms with van der Waals surface area (Å²) in [5.41, 5.74) is 0. The molecule has 0 spiro atoms. The van der Waals surface area contributed by atoms with Gasteiger partial charge in [-0.1, -0.05) is 6.92 Å². The fourth-order valence-electron chi connectivity index (χ4n) is 2.08. The van der Waals surface area contributed by atoms with Gasteiger partial charge >= 0.3 is 0 Å². The molecule has 1 heterocycles. The number of nitrogens with zero attached hydrogens (tertiary/aromatic N) is 2. The van der Waals surface area contributed by atoms with E-state index in [0.717, 1.165) is 11.7 Å². The second kappa shape index (κ2) is 4.47. The first-order valence-corrected chi connectivity index (χ1v) is 5.40. The van der Waals surface area contributed by atoms with Crippen molar-refractivity contribution in [3.63, 3.8) is 0 Å². The number of hydrogen-bond donors (Lipinski definition) is 1. The van der Waals surface area contributed by atoms with Crippen LogP contribution in [0.25, 0.3) is 0 Å². The van der Waals surface area contributed by atoms with E-state index in [4.69, 9.17) is 4.74 Å². The van der Waals surface area contributed by atoms with Crippen LogP contribution in [-0.4, -0.2) is 23.1 Å². The molecule has 2 atom stereocenters. The van der Waals surface area contributed by atoms with E-state index in [2.05, 4.69) is 22.2 Å². The van der Waals surface area contributed by atoms with Crippen LogP contribution in [0.1, 0.15) is 26.2 Å². The van der Waals surface area contributed by atoms with E-state index in [1.165, 1.54) is 25.6 Å². The van der Waals surface area contributed by atoms with Gasteiger partial charge in [-0.05, 0) is 25.2 Å². The lowest BCUT2D eigenvalue weighted by molar-refractivity contribution is 0.397. The van der Waals surface area contributed by atoms with Crippen molar-refractivity contribution in [2.75, 3.05) is 12.4 Å². The fourth-order valence-corrected chi connectivity index (χ4v) is 2.08. The van der Waals surface area contributed by atoms with E-state index in [-0.39, 0.29) is 0 Å². The highest BCUT2D eigenvalue weighted by molar-refractivity contribution is 5.38. The fraction of sp³-hybridized carbons (Fsp3) is 0.636. The van der Waals surface area contributed by atoms with Crippen LogP contribution in [0.3, 0.4) is 0 Å². The number of anilines is 1. The molecule has 0 aromatic carbocycles. The van der Waals surface area contributed by atoms with Crippen LogP contribution in [0.5, 0.6) is 5.88 Å². The van der Waals surface area contributed by atoms with Crippen LogP contribution >= 0.6 is 0 Å². The first-order valence-electron chi connectivity index (χ1n) is 5.40. The van der Waals surface area contributed by atoms with Gasteiger partial charge in [0.15, 0.2) is 0 Å². The average molecular weight is 207 g/mol. The molecule has 2 unspecified atom stereocenters. The van der Waals surface area contributed by atoms with Crippen molar-refractivity contribution in [3.05, 3.63) is 12.4 Å². The van der Waals surface area contributed by atoms with E-state index in [0.29, 0.717) is 11.9 Å².